The zero-order valence-electron chi connectivity index (χ0n) is 11.9. The predicted molar refractivity (Wildman–Crippen MR) is 96.4 cm³/mol. The van der Waals surface area contributed by atoms with Gasteiger partial charge in [-0.05, 0) is 69.6 Å². The van der Waals surface area contributed by atoms with Gasteiger partial charge in [0.1, 0.15) is 6.61 Å². The fourth-order valence-corrected chi connectivity index (χ4v) is 2.71. The summed E-state index contributed by atoms with van der Waals surface area (Å²) < 4.78 is 12.2. The lowest BCUT2D eigenvalue weighted by molar-refractivity contribution is -0.107. The van der Waals surface area contributed by atoms with Crippen molar-refractivity contribution in [1.29, 1.82) is 0 Å². The third kappa shape index (κ3) is 4.74. The molecule has 0 spiro atoms. The Kier molecular flexibility index (Phi) is 6.27. The van der Waals surface area contributed by atoms with Crippen molar-refractivity contribution < 1.29 is 14.3 Å². The van der Waals surface area contributed by atoms with Gasteiger partial charge in [0, 0.05) is 0 Å². The number of benzene rings is 2. The normalized spacial score (nSPS) is 10.7. The molecule has 3 nitrogen and oxygen atoms in total. The van der Waals surface area contributed by atoms with Crippen LogP contribution in [0.5, 0.6) is 11.5 Å². The summed E-state index contributed by atoms with van der Waals surface area (Å²) in [6.07, 6.45) is 2.94. The topological polar surface area (TPSA) is 35.5 Å². The van der Waals surface area contributed by atoms with E-state index in [1.165, 1.54) is 6.08 Å². The van der Waals surface area contributed by atoms with E-state index in [2.05, 4.69) is 22.6 Å². The lowest BCUT2D eigenvalue weighted by atomic mass is 10.2. The van der Waals surface area contributed by atoms with Gasteiger partial charge in [0.15, 0.2) is 11.5 Å². The van der Waals surface area contributed by atoms with Gasteiger partial charge >= 0.3 is 0 Å². The Morgan fingerprint density at radius 1 is 1.27 bits per heavy atom. The molecule has 2 aromatic carbocycles. The summed E-state index contributed by atoms with van der Waals surface area (Å²) in [5.74, 6) is 1.30. The summed E-state index contributed by atoms with van der Waals surface area (Å²) in [7, 11) is 1.58. The largest absolute Gasteiger partial charge is 0.493 e. The summed E-state index contributed by atoms with van der Waals surface area (Å²) in [6, 6.07) is 13.6. The number of allylic oxidation sites excluding steroid dienone is 1. The number of carbonyl (C=O) groups is 1. The summed E-state index contributed by atoms with van der Waals surface area (Å²) >= 11 is 7.48. The number of carbonyl (C=O) groups excluding carboxylic acids is 1. The van der Waals surface area contributed by atoms with Crippen LogP contribution in [0, 0.1) is 3.57 Å². The van der Waals surface area contributed by atoms with Gasteiger partial charge in [-0.3, -0.25) is 4.79 Å². The Morgan fingerprint density at radius 2 is 2.00 bits per heavy atom. The van der Waals surface area contributed by atoms with E-state index in [9.17, 15) is 4.79 Å². The van der Waals surface area contributed by atoms with E-state index in [1.54, 1.807) is 19.3 Å². The molecule has 0 unspecified atom stereocenters. The van der Waals surface area contributed by atoms with Gasteiger partial charge in [-0.15, -0.1) is 0 Å². The molecule has 0 atom stereocenters. The first kappa shape index (κ1) is 16.8. The second-order valence-corrected chi connectivity index (χ2v) is 5.98. The molecule has 0 amide bonds. The highest BCUT2D eigenvalue weighted by atomic mass is 127. The van der Waals surface area contributed by atoms with Crippen molar-refractivity contribution in [3.8, 4) is 11.5 Å². The van der Waals surface area contributed by atoms with Crippen LogP contribution in [0.1, 0.15) is 11.1 Å². The third-order valence-electron chi connectivity index (χ3n) is 2.88. The number of halogens is 2. The molecular weight excluding hydrogens is 415 g/mol. The van der Waals surface area contributed by atoms with Crippen LogP contribution in [-0.2, 0) is 11.4 Å². The van der Waals surface area contributed by atoms with Crippen LogP contribution in [0.3, 0.4) is 0 Å². The van der Waals surface area contributed by atoms with Crippen molar-refractivity contribution in [1.82, 2.24) is 0 Å². The number of hydrogen-bond acceptors (Lipinski definition) is 3. The van der Waals surface area contributed by atoms with Crippen molar-refractivity contribution >= 4 is 45.5 Å². The van der Waals surface area contributed by atoms with Crippen LogP contribution in [-0.4, -0.2) is 12.4 Å². The van der Waals surface area contributed by atoms with E-state index in [0.29, 0.717) is 18.1 Å². The first-order chi connectivity index (χ1) is 10.6. The van der Waals surface area contributed by atoms with E-state index in [4.69, 9.17) is 21.1 Å². The SMILES string of the molecule is COc1cc(/C=C/C(=O)Cl)cc(I)c1OCc1ccccc1. The zero-order chi connectivity index (χ0) is 15.9. The zero-order valence-corrected chi connectivity index (χ0v) is 14.8. The lowest BCUT2D eigenvalue weighted by Crippen LogP contribution is -2.00. The van der Waals surface area contributed by atoms with Crippen LogP contribution >= 0.6 is 34.2 Å². The van der Waals surface area contributed by atoms with Crippen molar-refractivity contribution in [2.75, 3.05) is 7.11 Å². The van der Waals surface area contributed by atoms with Gasteiger partial charge in [0.05, 0.1) is 10.7 Å². The molecule has 0 bridgehead atoms. The molecule has 0 N–H and O–H groups in total. The smallest absolute Gasteiger partial charge is 0.245 e. The average Bonchev–Trinajstić information content (AvgIpc) is 2.52. The molecule has 0 aliphatic heterocycles. The maximum atomic E-state index is 10.8. The first-order valence-electron chi connectivity index (χ1n) is 6.52. The van der Waals surface area contributed by atoms with E-state index in [0.717, 1.165) is 14.7 Å². The molecule has 22 heavy (non-hydrogen) atoms. The second-order valence-electron chi connectivity index (χ2n) is 4.45. The summed E-state index contributed by atoms with van der Waals surface area (Å²) in [6.45, 7) is 0.461. The van der Waals surface area contributed by atoms with Crippen molar-refractivity contribution in [2.24, 2.45) is 0 Å². The van der Waals surface area contributed by atoms with Crippen molar-refractivity contribution in [3.05, 3.63) is 63.2 Å². The van der Waals surface area contributed by atoms with E-state index in [-0.39, 0.29) is 0 Å². The van der Waals surface area contributed by atoms with Crippen LogP contribution in [0.4, 0.5) is 0 Å². The monoisotopic (exact) mass is 428 g/mol. The van der Waals surface area contributed by atoms with E-state index >= 15 is 0 Å². The van der Waals surface area contributed by atoms with Crippen molar-refractivity contribution in [2.45, 2.75) is 6.61 Å². The van der Waals surface area contributed by atoms with Gasteiger partial charge in [-0.2, -0.15) is 0 Å². The van der Waals surface area contributed by atoms with Gasteiger partial charge in [-0.25, -0.2) is 0 Å². The van der Waals surface area contributed by atoms with Gasteiger partial charge in [0.25, 0.3) is 0 Å². The highest BCUT2D eigenvalue weighted by Gasteiger charge is 2.11. The Hall–Kier alpha value is -1.53. The summed E-state index contributed by atoms with van der Waals surface area (Å²) in [5.41, 5.74) is 1.90. The molecule has 2 rings (SSSR count). The van der Waals surface area contributed by atoms with E-state index < -0.39 is 5.24 Å². The molecule has 0 heterocycles. The number of methoxy groups -OCH3 is 1. The molecule has 0 aliphatic carbocycles. The molecule has 0 fully saturated rings. The second kappa shape index (κ2) is 8.19. The fourth-order valence-electron chi connectivity index (χ4n) is 1.87. The van der Waals surface area contributed by atoms with Crippen LogP contribution in [0.15, 0.2) is 48.5 Å². The first-order valence-corrected chi connectivity index (χ1v) is 7.97. The van der Waals surface area contributed by atoms with Crippen LogP contribution in [0.25, 0.3) is 6.08 Å². The molecule has 0 saturated carbocycles. The molecular formula is C17H14ClIO3. The van der Waals surface area contributed by atoms with Gasteiger partial charge in [-0.1, -0.05) is 30.3 Å². The minimum atomic E-state index is -0.515. The third-order valence-corrected chi connectivity index (χ3v) is 3.81. The van der Waals surface area contributed by atoms with Crippen molar-refractivity contribution in [3.63, 3.8) is 0 Å². The number of ether oxygens (including phenoxy) is 2. The minimum Gasteiger partial charge on any atom is -0.493 e. The minimum absolute atomic E-state index is 0.461. The Morgan fingerprint density at radius 3 is 2.64 bits per heavy atom. The van der Waals surface area contributed by atoms with Gasteiger partial charge in [0.2, 0.25) is 5.24 Å². The number of hydrogen-bond donors (Lipinski definition) is 0. The molecule has 0 aliphatic rings. The molecule has 0 saturated heterocycles. The Labute approximate surface area is 148 Å². The summed E-state index contributed by atoms with van der Waals surface area (Å²) in [5, 5.41) is -0.515. The highest BCUT2D eigenvalue weighted by Crippen LogP contribution is 2.35. The number of rotatable bonds is 6. The van der Waals surface area contributed by atoms with Gasteiger partial charge < -0.3 is 9.47 Å². The maximum Gasteiger partial charge on any atom is 0.245 e. The standard InChI is InChI=1S/C17H14ClIO3/c1-21-15-10-13(7-8-16(18)20)9-14(19)17(15)22-11-12-5-3-2-4-6-12/h2-10H,11H2,1H3/b8-7+. The predicted octanol–water partition coefficient (Wildman–Crippen LogP) is 4.66. The summed E-state index contributed by atoms with van der Waals surface area (Å²) in [4.78, 5) is 10.8. The molecule has 0 aromatic heterocycles. The average molecular weight is 429 g/mol. The molecule has 5 heteroatoms. The van der Waals surface area contributed by atoms with E-state index in [1.807, 2.05) is 36.4 Å². The molecule has 0 radical (unpaired) electrons. The van der Waals surface area contributed by atoms with Crippen LogP contribution < -0.4 is 9.47 Å². The maximum absolute atomic E-state index is 10.8. The Balaban J connectivity index is 2.22. The quantitative estimate of drug-likeness (QED) is 0.381. The fraction of sp³-hybridized carbons (Fsp3) is 0.118. The Bertz CT molecular complexity index is 684. The highest BCUT2D eigenvalue weighted by molar-refractivity contribution is 14.1. The lowest BCUT2D eigenvalue weighted by Gasteiger charge is -2.13. The van der Waals surface area contributed by atoms with Crippen LogP contribution in [0.2, 0.25) is 0 Å². The molecule has 114 valence electrons. The molecule has 2 aromatic rings.